The van der Waals surface area contributed by atoms with Crippen molar-refractivity contribution < 1.29 is 14.6 Å². The van der Waals surface area contributed by atoms with Gasteiger partial charge in [0.1, 0.15) is 5.01 Å². The summed E-state index contributed by atoms with van der Waals surface area (Å²) in [6.45, 7) is 6.40. The van der Waals surface area contributed by atoms with Gasteiger partial charge in [0.05, 0.1) is 6.61 Å². The van der Waals surface area contributed by atoms with Gasteiger partial charge in [-0.15, -0.1) is 11.3 Å². The molecule has 1 aromatic rings. The summed E-state index contributed by atoms with van der Waals surface area (Å²) in [6.07, 6.45) is 1.18. The van der Waals surface area contributed by atoms with Crippen LogP contribution in [0.15, 0.2) is 0 Å². The topological polar surface area (TPSA) is 59.4 Å². The van der Waals surface area contributed by atoms with Crippen molar-refractivity contribution in [1.82, 2.24) is 4.98 Å². The molecule has 0 spiro atoms. The smallest absolute Gasteiger partial charge is 0.353 e. The van der Waals surface area contributed by atoms with E-state index in [1.165, 1.54) is 17.8 Å². The lowest BCUT2D eigenvalue weighted by Crippen LogP contribution is -2.30. The highest BCUT2D eigenvalue weighted by Crippen LogP contribution is 2.49. The minimum Gasteiger partial charge on any atom is -0.492 e. The Balaban J connectivity index is 2.21. The van der Waals surface area contributed by atoms with Gasteiger partial charge in [0.2, 0.25) is 5.88 Å². The van der Waals surface area contributed by atoms with E-state index in [9.17, 15) is 9.90 Å². The van der Waals surface area contributed by atoms with Gasteiger partial charge < -0.3 is 9.84 Å². The van der Waals surface area contributed by atoms with Gasteiger partial charge in [-0.3, -0.25) is 0 Å². The molecule has 0 amide bonds. The molecule has 17 heavy (non-hydrogen) atoms. The maximum atomic E-state index is 11.6. The molecule has 0 aliphatic heterocycles. The lowest BCUT2D eigenvalue weighted by Gasteiger charge is -2.39. The quantitative estimate of drug-likeness (QED) is 0.844. The van der Waals surface area contributed by atoms with Crippen LogP contribution in [0.2, 0.25) is 0 Å². The van der Waals surface area contributed by atoms with Gasteiger partial charge in [-0.2, -0.15) is 0 Å². The first-order chi connectivity index (χ1) is 8.04. The second-order valence-corrected chi connectivity index (χ2v) is 5.67. The molecule has 4 nitrogen and oxygen atoms in total. The molecule has 1 N–H and O–H groups in total. The molecule has 1 aromatic heterocycles. The molecule has 0 aromatic carbocycles. The van der Waals surface area contributed by atoms with Crippen molar-refractivity contribution in [3.8, 4) is 5.88 Å². The van der Waals surface area contributed by atoms with Gasteiger partial charge in [-0.05, 0) is 25.2 Å². The van der Waals surface area contributed by atoms with Crippen molar-refractivity contribution >= 4 is 17.3 Å². The van der Waals surface area contributed by atoms with Crippen molar-refractivity contribution in [2.45, 2.75) is 33.1 Å². The summed E-state index contributed by atoms with van der Waals surface area (Å²) in [5.41, 5.74) is 0. The number of nitrogens with zero attached hydrogens (tertiary/aromatic N) is 1. The molecule has 1 aliphatic carbocycles. The maximum Gasteiger partial charge on any atom is 0.353 e. The fraction of sp³-hybridized carbons (Fsp3) is 0.667. The Morgan fingerprint density at radius 3 is 2.71 bits per heavy atom. The van der Waals surface area contributed by atoms with E-state index in [0.717, 1.165) is 5.01 Å². The first-order valence-corrected chi connectivity index (χ1v) is 6.73. The molecule has 0 bridgehead atoms. The summed E-state index contributed by atoms with van der Waals surface area (Å²) in [6, 6.07) is 0. The van der Waals surface area contributed by atoms with Gasteiger partial charge in [-0.25, -0.2) is 9.78 Å². The summed E-state index contributed by atoms with van der Waals surface area (Å²) >= 11 is 1.26. The number of aromatic nitrogens is 1. The molecule has 1 fully saturated rings. The van der Waals surface area contributed by atoms with Gasteiger partial charge in [0, 0.05) is 5.92 Å². The lowest BCUT2D eigenvalue weighted by atomic mass is 9.67. The first kappa shape index (κ1) is 12.4. The van der Waals surface area contributed by atoms with Crippen molar-refractivity contribution in [3.05, 3.63) is 9.88 Å². The van der Waals surface area contributed by atoms with Crippen LogP contribution < -0.4 is 0 Å². The van der Waals surface area contributed by atoms with Crippen molar-refractivity contribution in [2.75, 3.05) is 6.61 Å². The highest BCUT2D eigenvalue weighted by molar-refractivity contribution is 7.14. The predicted octanol–water partition coefficient (Wildman–Crippen LogP) is 2.78. The molecule has 2 unspecified atom stereocenters. The van der Waals surface area contributed by atoms with Crippen molar-refractivity contribution in [3.63, 3.8) is 0 Å². The van der Waals surface area contributed by atoms with Crippen molar-refractivity contribution in [1.29, 1.82) is 0 Å². The minimum absolute atomic E-state index is 0.185. The number of ether oxygens (including phenoxy) is 1. The third kappa shape index (κ3) is 2.16. The third-order valence-electron chi connectivity index (χ3n) is 3.34. The zero-order valence-electron chi connectivity index (χ0n) is 10.3. The number of rotatable bonds is 3. The van der Waals surface area contributed by atoms with Crippen LogP contribution in [-0.2, 0) is 4.74 Å². The second-order valence-electron chi connectivity index (χ2n) is 4.64. The van der Waals surface area contributed by atoms with Crippen LogP contribution in [0, 0.1) is 11.8 Å². The van der Waals surface area contributed by atoms with E-state index >= 15 is 0 Å². The maximum absolute atomic E-state index is 11.6. The van der Waals surface area contributed by atoms with E-state index in [0.29, 0.717) is 24.4 Å². The average molecular weight is 255 g/mol. The number of carbonyl (C=O) groups excluding carboxylic acids is 1. The number of hydrogen-bond acceptors (Lipinski definition) is 5. The van der Waals surface area contributed by atoms with Crippen LogP contribution in [-0.4, -0.2) is 22.7 Å². The normalized spacial score (nSPS) is 27.6. The van der Waals surface area contributed by atoms with Crippen molar-refractivity contribution in [2.24, 2.45) is 11.8 Å². The zero-order valence-corrected chi connectivity index (χ0v) is 11.1. The monoisotopic (exact) mass is 255 g/mol. The van der Waals surface area contributed by atoms with Crippen LogP contribution in [0.4, 0.5) is 0 Å². The zero-order chi connectivity index (χ0) is 12.6. The van der Waals surface area contributed by atoms with Crippen LogP contribution in [0.25, 0.3) is 0 Å². The molecule has 1 heterocycles. The summed E-state index contributed by atoms with van der Waals surface area (Å²) in [4.78, 5) is 15.9. The summed E-state index contributed by atoms with van der Waals surface area (Å²) < 4.78 is 4.88. The molecular weight excluding hydrogens is 238 g/mol. The number of hydrogen-bond donors (Lipinski definition) is 1. The predicted molar refractivity (Wildman–Crippen MR) is 65.4 cm³/mol. The summed E-state index contributed by atoms with van der Waals surface area (Å²) in [7, 11) is 0. The molecule has 1 aliphatic rings. The lowest BCUT2D eigenvalue weighted by molar-refractivity contribution is 0.0528. The molecular formula is C12H17NO3S. The van der Waals surface area contributed by atoms with Crippen LogP contribution >= 0.6 is 11.3 Å². The Bertz CT molecular complexity index is 421. The van der Waals surface area contributed by atoms with Crippen LogP contribution in [0.3, 0.4) is 0 Å². The molecule has 0 saturated heterocycles. The van der Waals surface area contributed by atoms with Gasteiger partial charge in [-0.1, -0.05) is 13.8 Å². The average Bonchev–Trinajstić information content (AvgIpc) is 2.59. The van der Waals surface area contributed by atoms with Crippen LogP contribution in [0.5, 0.6) is 5.88 Å². The molecule has 5 heteroatoms. The fourth-order valence-electron chi connectivity index (χ4n) is 2.53. The molecule has 2 rings (SSSR count). The second kappa shape index (κ2) is 4.64. The highest BCUT2D eigenvalue weighted by Gasteiger charge is 2.39. The Hall–Kier alpha value is -1.10. The number of carbonyl (C=O) groups is 1. The Morgan fingerprint density at radius 1 is 1.53 bits per heavy atom. The molecule has 0 radical (unpaired) electrons. The summed E-state index contributed by atoms with van der Waals surface area (Å²) in [5.74, 6) is 0.855. The number of aromatic hydroxyl groups is 1. The van der Waals surface area contributed by atoms with Gasteiger partial charge in [0.25, 0.3) is 0 Å². The number of thiazole rings is 1. The van der Waals surface area contributed by atoms with Gasteiger partial charge >= 0.3 is 5.97 Å². The van der Waals surface area contributed by atoms with E-state index in [4.69, 9.17) is 4.74 Å². The fourth-order valence-corrected chi connectivity index (χ4v) is 3.75. The largest absolute Gasteiger partial charge is 0.492 e. The Kier molecular flexibility index (Phi) is 3.38. The Morgan fingerprint density at radius 2 is 2.18 bits per heavy atom. The van der Waals surface area contributed by atoms with Crippen LogP contribution in [0.1, 0.15) is 47.8 Å². The molecule has 2 atom stereocenters. The van der Waals surface area contributed by atoms with E-state index in [1.54, 1.807) is 6.92 Å². The van der Waals surface area contributed by atoms with E-state index in [2.05, 4.69) is 18.8 Å². The minimum atomic E-state index is -0.478. The third-order valence-corrected chi connectivity index (χ3v) is 4.47. The van der Waals surface area contributed by atoms with E-state index in [-0.39, 0.29) is 10.8 Å². The molecule has 1 saturated carbocycles. The number of esters is 1. The van der Waals surface area contributed by atoms with E-state index in [1.807, 2.05) is 0 Å². The van der Waals surface area contributed by atoms with E-state index < -0.39 is 5.97 Å². The standard InChI is InChI=1S/C12H17NO3S/c1-4-16-12(15)9-10(14)13-11(17-9)8-6(2)5-7(8)3/h6-8,14H,4-5H2,1-3H3. The summed E-state index contributed by atoms with van der Waals surface area (Å²) in [5, 5.41) is 10.5. The van der Waals surface area contributed by atoms with Gasteiger partial charge in [0.15, 0.2) is 4.88 Å². The first-order valence-electron chi connectivity index (χ1n) is 5.91. The Labute approximate surface area is 105 Å². The molecule has 94 valence electrons. The highest BCUT2D eigenvalue weighted by atomic mass is 32.1. The SMILES string of the molecule is CCOC(=O)c1sc(C2C(C)CC2C)nc1O.